The lowest BCUT2D eigenvalue weighted by Crippen LogP contribution is -2.40. The molecule has 3 N–H and O–H groups in total. The van der Waals surface area contributed by atoms with Crippen molar-refractivity contribution in [2.24, 2.45) is 10.9 Å². The van der Waals surface area contributed by atoms with Crippen LogP contribution in [0.2, 0.25) is 0 Å². The number of rotatable bonds is 10. The van der Waals surface area contributed by atoms with Gasteiger partial charge in [0.1, 0.15) is 5.60 Å². The van der Waals surface area contributed by atoms with Crippen LogP contribution in [0.4, 0.5) is 0 Å². The summed E-state index contributed by atoms with van der Waals surface area (Å²) in [5, 5.41) is 21.1. The van der Waals surface area contributed by atoms with Crippen LogP contribution in [0.3, 0.4) is 0 Å². The summed E-state index contributed by atoms with van der Waals surface area (Å²) in [5.74, 6) is 1.22. The molecule has 0 saturated heterocycles. The van der Waals surface area contributed by atoms with Gasteiger partial charge in [-0.05, 0) is 55.5 Å². The Bertz CT molecular complexity index is 479. The molecule has 0 aliphatic rings. The summed E-state index contributed by atoms with van der Waals surface area (Å²) in [4.78, 5) is 4.54. The van der Waals surface area contributed by atoms with Gasteiger partial charge in [0.05, 0.1) is 12.6 Å². The van der Waals surface area contributed by atoms with Gasteiger partial charge in [-0.2, -0.15) is 11.3 Å². The minimum atomic E-state index is -0.950. The van der Waals surface area contributed by atoms with Gasteiger partial charge in [-0.15, -0.1) is 24.0 Å². The van der Waals surface area contributed by atoms with Crippen LogP contribution >= 0.6 is 35.3 Å². The molecule has 0 aromatic carbocycles. The number of hydrogen-bond acceptors (Lipinski definition) is 4. The zero-order valence-corrected chi connectivity index (χ0v) is 19.2. The molecule has 0 aliphatic heterocycles. The molecule has 1 rings (SSSR count). The van der Waals surface area contributed by atoms with Crippen molar-refractivity contribution in [3.8, 4) is 0 Å². The van der Waals surface area contributed by atoms with Gasteiger partial charge in [0, 0.05) is 19.7 Å². The van der Waals surface area contributed by atoms with E-state index in [-0.39, 0.29) is 30.1 Å². The van der Waals surface area contributed by atoms with E-state index in [1.807, 2.05) is 30.7 Å². The quantitative estimate of drug-likeness (QED) is 0.271. The summed E-state index contributed by atoms with van der Waals surface area (Å²) < 4.78 is 5.77. The highest BCUT2D eigenvalue weighted by Gasteiger charge is 2.23. The lowest BCUT2D eigenvalue weighted by Gasteiger charge is -2.23. The molecular formula is C18H34IN3O2S. The molecule has 0 spiro atoms. The fourth-order valence-electron chi connectivity index (χ4n) is 2.39. The highest BCUT2D eigenvalue weighted by molar-refractivity contribution is 14.0. The normalized spacial score (nSPS) is 15.4. The molecule has 2 atom stereocenters. The molecule has 7 heteroatoms. The van der Waals surface area contributed by atoms with E-state index in [4.69, 9.17) is 4.74 Å². The van der Waals surface area contributed by atoms with Gasteiger partial charge in [0.15, 0.2) is 5.96 Å². The van der Waals surface area contributed by atoms with Crippen LogP contribution in [0.5, 0.6) is 0 Å². The molecule has 25 heavy (non-hydrogen) atoms. The Balaban J connectivity index is 0.00000576. The average Bonchev–Trinajstić information content (AvgIpc) is 3.07. The Morgan fingerprint density at radius 3 is 2.60 bits per heavy atom. The largest absolute Gasteiger partial charge is 0.383 e. The minimum absolute atomic E-state index is 0. The topological polar surface area (TPSA) is 65.9 Å². The predicted octanol–water partition coefficient (Wildman–Crippen LogP) is 3.58. The van der Waals surface area contributed by atoms with E-state index in [1.165, 1.54) is 0 Å². The summed E-state index contributed by atoms with van der Waals surface area (Å²) >= 11 is 1.58. The molecule has 2 unspecified atom stereocenters. The first-order valence-electron chi connectivity index (χ1n) is 8.79. The molecule has 0 aliphatic carbocycles. The van der Waals surface area contributed by atoms with E-state index in [1.54, 1.807) is 18.3 Å². The first-order chi connectivity index (χ1) is 11.4. The molecule has 0 saturated carbocycles. The second-order valence-corrected chi connectivity index (χ2v) is 7.21. The number of ether oxygens (including phenoxy) is 1. The minimum Gasteiger partial charge on any atom is -0.383 e. The van der Waals surface area contributed by atoms with Crippen LogP contribution in [-0.2, 0) is 10.3 Å². The Hall–Kier alpha value is -0.380. The van der Waals surface area contributed by atoms with E-state index in [0.29, 0.717) is 12.5 Å². The molecule has 5 nitrogen and oxygen atoms in total. The number of hydrogen-bond donors (Lipinski definition) is 3. The molecule has 1 aromatic heterocycles. The first kappa shape index (κ1) is 24.6. The summed E-state index contributed by atoms with van der Waals surface area (Å²) in [6.45, 7) is 12.8. The Kier molecular flexibility index (Phi) is 12.7. The molecule has 0 amide bonds. The third kappa shape index (κ3) is 9.21. The summed E-state index contributed by atoms with van der Waals surface area (Å²) in [6, 6.07) is 1.94. The van der Waals surface area contributed by atoms with E-state index < -0.39 is 5.60 Å². The number of aliphatic hydroxyl groups is 1. The summed E-state index contributed by atoms with van der Waals surface area (Å²) in [5.41, 5.74) is -0.0444. The van der Waals surface area contributed by atoms with Crippen LogP contribution < -0.4 is 10.6 Å². The lowest BCUT2D eigenvalue weighted by atomic mass is 10.00. The van der Waals surface area contributed by atoms with Crippen molar-refractivity contribution in [1.29, 1.82) is 0 Å². The van der Waals surface area contributed by atoms with Crippen LogP contribution in [-0.4, -0.2) is 43.4 Å². The van der Waals surface area contributed by atoms with Crippen molar-refractivity contribution < 1.29 is 9.84 Å². The number of nitrogens with zero attached hydrogens (tertiary/aromatic N) is 1. The fourth-order valence-corrected chi connectivity index (χ4v) is 3.18. The molecular weight excluding hydrogens is 449 g/mol. The average molecular weight is 483 g/mol. The van der Waals surface area contributed by atoms with Gasteiger partial charge in [0.25, 0.3) is 0 Å². The van der Waals surface area contributed by atoms with Crippen LogP contribution in [0, 0.1) is 5.92 Å². The van der Waals surface area contributed by atoms with Crippen molar-refractivity contribution in [1.82, 2.24) is 10.6 Å². The zero-order chi connectivity index (χ0) is 18.0. The number of halogens is 1. The monoisotopic (exact) mass is 483 g/mol. The van der Waals surface area contributed by atoms with Gasteiger partial charge in [-0.3, -0.25) is 0 Å². The maximum absolute atomic E-state index is 10.6. The molecule has 1 heterocycles. The number of thiophene rings is 1. The van der Waals surface area contributed by atoms with Gasteiger partial charge in [-0.1, -0.05) is 13.8 Å². The summed E-state index contributed by atoms with van der Waals surface area (Å²) in [7, 11) is 0. The van der Waals surface area contributed by atoms with Crippen molar-refractivity contribution in [3.63, 3.8) is 0 Å². The highest BCUT2D eigenvalue weighted by atomic mass is 127. The molecule has 0 radical (unpaired) electrons. The number of aliphatic imine (C=N–C) groups is 1. The van der Waals surface area contributed by atoms with Gasteiger partial charge < -0.3 is 20.5 Å². The first-order valence-corrected chi connectivity index (χ1v) is 9.73. The van der Waals surface area contributed by atoms with Gasteiger partial charge >= 0.3 is 0 Å². The van der Waals surface area contributed by atoms with Gasteiger partial charge in [0.2, 0.25) is 0 Å². The van der Waals surface area contributed by atoms with Gasteiger partial charge in [-0.25, -0.2) is 4.99 Å². The highest BCUT2D eigenvalue weighted by Crippen LogP contribution is 2.23. The molecule has 146 valence electrons. The van der Waals surface area contributed by atoms with E-state index in [0.717, 1.165) is 37.6 Å². The van der Waals surface area contributed by atoms with Crippen LogP contribution in [0.1, 0.15) is 46.6 Å². The lowest BCUT2D eigenvalue weighted by molar-refractivity contribution is 0.0258. The Labute approximate surface area is 173 Å². The second kappa shape index (κ2) is 12.9. The van der Waals surface area contributed by atoms with Crippen LogP contribution in [0.25, 0.3) is 0 Å². The SMILES string of the molecule is CCNC(=NCC(C)(O)c1ccsc1)NCCC(OCC)C(C)C.I. The summed E-state index contributed by atoms with van der Waals surface area (Å²) in [6.07, 6.45) is 1.18. The van der Waals surface area contributed by atoms with Crippen molar-refractivity contribution in [2.45, 2.75) is 52.7 Å². The van der Waals surface area contributed by atoms with Crippen molar-refractivity contribution in [2.75, 3.05) is 26.2 Å². The second-order valence-electron chi connectivity index (χ2n) is 6.43. The fraction of sp³-hybridized carbons (Fsp3) is 0.722. The third-order valence-electron chi connectivity index (χ3n) is 3.88. The zero-order valence-electron chi connectivity index (χ0n) is 16.0. The molecule has 0 bridgehead atoms. The van der Waals surface area contributed by atoms with Crippen LogP contribution in [0.15, 0.2) is 21.8 Å². The molecule has 0 fully saturated rings. The van der Waals surface area contributed by atoms with Crippen molar-refractivity contribution in [3.05, 3.63) is 22.4 Å². The van der Waals surface area contributed by atoms with E-state index in [2.05, 4.69) is 29.5 Å². The molecule has 1 aromatic rings. The standard InChI is InChI=1S/C18H33N3O2S.HI/c1-6-19-17(20-10-8-16(14(3)4)23-7-2)21-13-18(5,22)15-9-11-24-12-15;/h9,11-12,14,16,22H,6-8,10,13H2,1-5H3,(H2,19,20,21);1H. The maximum atomic E-state index is 10.6. The van der Waals surface area contributed by atoms with E-state index >= 15 is 0 Å². The Morgan fingerprint density at radius 2 is 2.08 bits per heavy atom. The maximum Gasteiger partial charge on any atom is 0.191 e. The van der Waals surface area contributed by atoms with Crippen molar-refractivity contribution >= 4 is 41.3 Å². The number of guanidine groups is 1. The smallest absolute Gasteiger partial charge is 0.191 e. The Morgan fingerprint density at radius 1 is 1.36 bits per heavy atom. The van der Waals surface area contributed by atoms with E-state index in [9.17, 15) is 5.11 Å². The predicted molar refractivity (Wildman–Crippen MR) is 118 cm³/mol. The third-order valence-corrected chi connectivity index (χ3v) is 4.56. The number of nitrogens with one attached hydrogen (secondary N) is 2.